The molecular weight excluding hydrogens is 268 g/mol. The molecule has 19 heavy (non-hydrogen) atoms. The van der Waals surface area contributed by atoms with E-state index in [2.05, 4.69) is 15.4 Å². The number of benzene rings is 1. The van der Waals surface area contributed by atoms with Crippen LogP contribution >= 0.6 is 11.6 Å². The lowest BCUT2D eigenvalue weighted by Gasteiger charge is -2.06. The highest BCUT2D eigenvalue weighted by Crippen LogP contribution is 2.21. The van der Waals surface area contributed by atoms with Crippen molar-refractivity contribution >= 4 is 17.5 Å². The minimum Gasteiger partial charge on any atom is -0.507 e. The second kappa shape index (κ2) is 5.71. The van der Waals surface area contributed by atoms with Gasteiger partial charge in [0, 0.05) is 25.0 Å². The molecule has 2 rings (SSSR count). The summed E-state index contributed by atoms with van der Waals surface area (Å²) >= 11 is 5.78. The molecule has 0 saturated carbocycles. The van der Waals surface area contributed by atoms with Crippen molar-refractivity contribution in [3.8, 4) is 5.75 Å². The molecule has 0 aliphatic carbocycles. The topological polar surface area (TPSA) is 80.0 Å². The Bertz CT molecular complexity index is 597. The molecule has 1 amide bonds. The summed E-state index contributed by atoms with van der Waals surface area (Å²) < 4.78 is 1.60. The third kappa shape index (κ3) is 3.45. The van der Waals surface area contributed by atoms with Crippen LogP contribution in [0.15, 0.2) is 24.5 Å². The smallest absolute Gasteiger partial charge is 0.255 e. The van der Waals surface area contributed by atoms with Crippen LogP contribution in [0.25, 0.3) is 0 Å². The summed E-state index contributed by atoms with van der Waals surface area (Å²) in [6.45, 7) is 0.384. The highest BCUT2D eigenvalue weighted by molar-refractivity contribution is 6.31. The number of carbonyl (C=O) groups is 1. The normalized spacial score (nSPS) is 10.4. The van der Waals surface area contributed by atoms with E-state index in [1.54, 1.807) is 18.1 Å². The van der Waals surface area contributed by atoms with Crippen molar-refractivity contribution in [3.05, 3.63) is 40.9 Å². The van der Waals surface area contributed by atoms with Crippen LogP contribution in [0.2, 0.25) is 5.02 Å². The fourth-order valence-corrected chi connectivity index (χ4v) is 1.74. The van der Waals surface area contributed by atoms with Gasteiger partial charge in [-0.2, -0.15) is 5.10 Å². The van der Waals surface area contributed by atoms with Crippen LogP contribution in [0.4, 0.5) is 0 Å². The molecule has 1 aromatic heterocycles. The SMILES string of the molecule is Cn1cnc(CCNC(=O)c2cc(Cl)ccc2O)n1. The van der Waals surface area contributed by atoms with Gasteiger partial charge in [0.1, 0.15) is 12.1 Å². The standard InChI is InChI=1S/C12H13ClN4O2/c1-17-7-15-11(16-17)4-5-14-12(19)9-6-8(13)2-3-10(9)18/h2-3,6-7,18H,4-5H2,1H3,(H,14,19). The molecule has 100 valence electrons. The zero-order chi connectivity index (χ0) is 13.8. The number of aromatic nitrogens is 3. The number of rotatable bonds is 4. The van der Waals surface area contributed by atoms with E-state index in [0.717, 1.165) is 0 Å². The lowest BCUT2D eigenvalue weighted by atomic mass is 10.2. The van der Waals surface area contributed by atoms with Gasteiger partial charge in [-0.3, -0.25) is 9.48 Å². The lowest BCUT2D eigenvalue weighted by molar-refractivity contribution is 0.0951. The van der Waals surface area contributed by atoms with Crippen LogP contribution in [0.1, 0.15) is 16.2 Å². The number of aryl methyl sites for hydroxylation is 1. The van der Waals surface area contributed by atoms with Crippen LogP contribution in [0.3, 0.4) is 0 Å². The maximum absolute atomic E-state index is 11.8. The van der Waals surface area contributed by atoms with E-state index < -0.39 is 0 Å². The minimum atomic E-state index is -0.379. The molecule has 0 aliphatic heterocycles. The van der Waals surface area contributed by atoms with E-state index >= 15 is 0 Å². The number of aromatic hydroxyl groups is 1. The van der Waals surface area contributed by atoms with Crippen molar-refractivity contribution in [2.24, 2.45) is 7.05 Å². The lowest BCUT2D eigenvalue weighted by Crippen LogP contribution is -2.26. The number of amides is 1. The Labute approximate surface area is 115 Å². The molecule has 0 aliphatic rings. The fraction of sp³-hybridized carbons (Fsp3) is 0.250. The molecule has 0 unspecified atom stereocenters. The molecule has 1 heterocycles. The molecule has 0 atom stereocenters. The summed E-state index contributed by atoms with van der Waals surface area (Å²) in [5.74, 6) is 0.173. The monoisotopic (exact) mass is 280 g/mol. The predicted molar refractivity (Wildman–Crippen MR) is 70.2 cm³/mol. The first-order valence-electron chi connectivity index (χ1n) is 5.67. The Hall–Kier alpha value is -2.08. The zero-order valence-electron chi connectivity index (χ0n) is 10.3. The van der Waals surface area contributed by atoms with Crippen molar-refractivity contribution in [2.75, 3.05) is 6.54 Å². The Kier molecular flexibility index (Phi) is 4.01. The number of phenols is 1. The van der Waals surface area contributed by atoms with Crippen molar-refractivity contribution in [1.29, 1.82) is 0 Å². The van der Waals surface area contributed by atoms with Gasteiger partial charge in [-0.15, -0.1) is 0 Å². The van der Waals surface area contributed by atoms with Crippen LogP contribution in [0, 0.1) is 0 Å². The highest BCUT2D eigenvalue weighted by atomic mass is 35.5. The maximum atomic E-state index is 11.8. The van der Waals surface area contributed by atoms with Gasteiger partial charge in [-0.25, -0.2) is 4.98 Å². The fourth-order valence-electron chi connectivity index (χ4n) is 1.57. The van der Waals surface area contributed by atoms with E-state index in [1.807, 2.05) is 0 Å². The third-order valence-electron chi connectivity index (χ3n) is 2.48. The van der Waals surface area contributed by atoms with Gasteiger partial charge in [-0.05, 0) is 18.2 Å². The summed E-state index contributed by atoms with van der Waals surface area (Å²) in [5.41, 5.74) is 0.154. The van der Waals surface area contributed by atoms with Gasteiger partial charge in [0.2, 0.25) is 0 Å². The number of nitrogens with one attached hydrogen (secondary N) is 1. The Morgan fingerprint density at radius 3 is 3.00 bits per heavy atom. The van der Waals surface area contributed by atoms with Gasteiger partial charge in [0.05, 0.1) is 5.56 Å². The Balaban J connectivity index is 1.92. The van der Waals surface area contributed by atoms with E-state index in [1.165, 1.54) is 18.2 Å². The Morgan fingerprint density at radius 2 is 2.32 bits per heavy atom. The summed E-state index contributed by atoms with van der Waals surface area (Å²) in [7, 11) is 1.78. The summed E-state index contributed by atoms with van der Waals surface area (Å²) in [6, 6.07) is 4.33. The number of carbonyl (C=O) groups excluding carboxylic acids is 1. The first kappa shape index (κ1) is 13.4. The van der Waals surface area contributed by atoms with Crippen molar-refractivity contribution in [1.82, 2.24) is 20.1 Å². The number of halogens is 1. The average Bonchev–Trinajstić information content (AvgIpc) is 2.78. The summed E-state index contributed by atoms with van der Waals surface area (Å²) in [5, 5.41) is 16.7. The van der Waals surface area contributed by atoms with Crippen LogP contribution in [0.5, 0.6) is 5.75 Å². The van der Waals surface area contributed by atoms with Crippen molar-refractivity contribution in [2.45, 2.75) is 6.42 Å². The van der Waals surface area contributed by atoms with E-state index in [-0.39, 0.29) is 17.2 Å². The van der Waals surface area contributed by atoms with Gasteiger partial charge in [-0.1, -0.05) is 11.6 Å². The highest BCUT2D eigenvalue weighted by Gasteiger charge is 2.11. The molecular formula is C12H13ClN4O2. The van der Waals surface area contributed by atoms with E-state index in [0.29, 0.717) is 23.8 Å². The molecule has 0 bridgehead atoms. The second-order valence-electron chi connectivity index (χ2n) is 4.00. The number of phenolic OH excluding ortho intramolecular Hbond substituents is 1. The van der Waals surface area contributed by atoms with Gasteiger partial charge >= 0.3 is 0 Å². The molecule has 1 aromatic carbocycles. The first-order chi connectivity index (χ1) is 9.06. The van der Waals surface area contributed by atoms with Crippen molar-refractivity contribution in [3.63, 3.8) is 0 Å². The molecule has 2 N–H and O–H groups in total. The second-order valence-corrected chi connectivity index (χ2v) is 4.44. The van der Waals surface area contributed by atoms with E-state index in [4.69, 9.17) is 11.6 Å². The van der Waals surface area contributed by atoms with Gasteiger partial charge < -0.3 is 10.4 Å². The zero-order valence-corrected chi connectivity index (χ0v) is 11.1. The molecule has 0 saturated heterocycles. The number of hydrogen-bond donors (Lipinski definition) is 2. The van der Waals surface area contributed by atoms with Gasteiger partial charge in [0.25, 0.3) is 5.91 Å². The number of nitrogens with zero attached hydrogens (tertiary/aromatic N) is 3. The largest absolute Gasteiger partial charge is 0.507 e. The van der Waals surface area contributed by atoms with E-state index in [9.17, 15) is 9.90 Å². The summed E-state index contributed by atoms with van der Waals surface area (Å²) in [6.07, 6.45) is 2.12. The molecule has 6 nitrogen and oxygen atoms in total. The molecule has 7 heteroatoms. The summed E-state index contributed by atoms with van der Waals surface area (Å²) in [4.78, 5) is 15.9. The Morgan fingerprint density at radius 1 is 1.53 bits per heavy atom. The van der Waals surface area contributed by atoms with Crippen LogP contribution < -0.4 is 5.32 Å². The number of hydrogen-bond acceptors (Lipinski definition) is 4. The van der Waals surface area contributed by atoms with Crippen molar-refractivity contribution < 1.29 is 9.90 Å². The van der Waals surface area contributed by atoms with Gasteiger partial charge in [0.15, 0.2) is 5.82 Å². The average molecular weight is 281 g/mol. The third-order valence-corrected chi connectivity index (χ3v) is 2.72. The molecule has 0 fully saturated rings. The van der Waals surface area contributed by atoms with Crippen LogP contribution in [-0.4, -0.2) is 32.3 Å². The van der Waals surface area contributed by atoms with Crippen LogP contribution in [-0.2, 0) is 13.5 Å². The molecule has 0 radical (unpaired) electrons. The first-order valence-corrected chi connectivity index (χ1v) is 6.05. The predicted octanol–water partition coefficient (Wildman–Crippen LogP) is 1.15. The minimum absolute atomic E-state index is 0.0992. The molecule has 0 spiro atoms. The quantitative estimate of drug-likeness (QED) is 0.880. The molecule has 2 aromatic rings. The maximum Gasteiger partial charge on any atom is 0.255 e.